The Hall–Kier alpha value is -3.19. The summed E-state index contributed by atoms with van der Waals surface area (Å²) in [6.45, 7) is 2.70. The van der Waals surface area contributed by atoms with Gasteiger partial charge in [0.25, 0.3) is 5.91 Å². The standard InChI is InChI=1S/C23H22ClN3O4/c24-18-3-1-2-4-20(18)31-14-17-12-19(26-25-17)16-7-8-27(13-16)23(28)15-5-6-21-22(11-15)30-10-9-29-21/h1-6,11-12,16H,7-10,13-14H2,(H,25,26)/t16-/m0/s1. The van der Waals surface area contributed by atoms with E-state index in [-0.39, 0.29) is 11.8 Å². The van der Waals surface area contributed by atoms with Crippen LogP contribution in [-0.2, 0) is 6.61 Å². The number of hydrogen-bond acceptors (Lipinski definition) is 5. The topological polar surface area (TPSA) is 76.7 Å². The van der Waals surface area contributed by atoms with Gasteiger partial charge in [0, 0.05) is 24.6 Å². The van der Waals surface area contributed by atoms with Gasteiger partial charge < -0.3 is 19.1 Å². The number of nitrogens with zero attached hydrogens (tertiary/aromatic N) is 2. The van der Waals surface area contributed by atoms with Gasteiger partial charge in [-0.2, -0.15) is 5.10 Å². The van der Waals surface area contributed by atoms with E-state index in [1.807, 2.05) is 29.2 Å². The molecule has 2 aromatic carbocycles. The maximum Gasteiger partial charge on any atom is 0.254 e. The van der Waals surface area contributed by atoms with Crippen molar-refractivity contribution in [3.8, 4) is 17.2 Å². The number of carbonyl (C=O) groups is 1. The second-order valence-electron chi connectivity index (χ2n) is 7.63. The fraction of sp³-hybridized carbons (Fsp3) is 0.304. The molecule has 1 amide bonds. The zero-order valence-corrected chi connectivity index (χ0v) is 17.6. The number of halogens is 1. The maximum absolute atomic E-state index is 13.0. The van der Waals surface area contributed by atoms with Crippen LogP contribution in [0, 0.1) is 0 Å². The largest absolute Gasteiger partial charge is 0.486 e. The first-order valence-corrected chi connectivity index (χ1v) is 10.7. The molecule has 3 heterocycles. The number of benzene rings is 2. The number of para-hydroxylation sites is 1. The number of nitrogens with one attached hydrogen (secondary N) is 1. The molecule has 0 saturated carbocycles. The first-order valence-electron chi connectivity index (χ1n) is 10.3. The Labute approximate surface area is 184 Å². The zero-order chi connectivity index (χ0) is 21.2. The van der Waals surface area contributed by atoms with Crippen LogP contribution < -0.4 is 14.2 Å². The Kier molecular flexibility index (Phi) is 5.42. The minimum absolute atomic E-state index is 0.00251. The molecule has 1 saturated heterocycles. The van der Waals surface area contributed by atoms with Gasteiger partial charge >= 0.3 is 0 Å². The highest BCUT2D eigenvalue weighted by molar-refractivity contribution is 6.32. The molecular weight excluding hydrogens is 418 g/mol. The Morgan fingerprint density at radius 2 is 2.00 bits per heavy atom. The molecule has 2 aliphatic heterocycles. The van der Waals surface area contributed by atoms with E-state index in [1.54, 1.807) is 24.3 Å². The number of H-pyrrole nitrogens is 1. The first kappa shape index (κ1) is 19.8. The van der Waals surface area contributed by atoms with Crippen LogP contribution in [0.15, 0.2) is 48.5 Å². The molecule has 31 heavy (non-hydrogen) atoms. The maximum atomic E-state index is 13.0. The molecular formula is C23H22ClN3O4. The van der Waals surface area contributed by atoms with Crippen LogP contribution in [0.2, 0.25) is 5.02 Å². The quantitative estimate of drug-likeness (QED) is 0.649. The van der Waals surface area contributed by atoms with Crippen LogP contribution >= 0.6 is 11.6 Å². The molecule has 1 fully saturated rings. The summed E-state index contributed by atoms with van der Waals surface area (Å²) in [7, 11) is 0. The fourth-order valence-electron chi connectivity index (χ4n) is 3.92. The minimum Gasteiger partial charge on any atom is -0.486 e. The highest BCUT2D eigenvalue weighted by Crippen LogP contribution is 2.33. The number of rotatable bonds is 5. The lowest BCUT2D eigenvalue weighted by Crippen LogP contribution is -2.28. The Morgan fingerprint density at radius 3 is 2.87 bits per heavy atom. The summed E-state index contributed by atoms with van der Waals surface area (Å²) in [5, 5.41) is 8.05. The van der Waals surface area contributed by atoms with Gasteiger partial charge in [-0.15, -0.1) is 0 Å². The molecule has 8 heteroatoms. The molecule has 0 spiro atoms. The molecule has 1 N–H and O–H groups in total. The number of ether oxygens (including phenoxy) is 3. The van der Waals surface area contributed by atoms with Crippen LogP contribution in [0.3, 0.4) is 0 Å². The highest BCUT2D eigenvalue weighted by atomic mass is 35.5. The van der Waals surface area contributed by atoms with Crippen molar-refractivity contribution in [1.82, 2.24) is 15.1 Å². The van der Waals surface area contributed by atoms with E-state index in [2.05, 4.69) is 10.2 Å². The van der Waals surface area contributed by atoms with Gasteiger partial charge in [0.15, 0.2) is 11.5 Å². The summed E-state index contributed by atoms with van der Waals surface area (Å²) in [5.41, 5.74) is 2.42. The normalized spacial score (nSPS) is 17.6. The van der Waals surface area contributed by atoms with Gasteiger partial charge in [0.05, 0.1) is 16.4 Å². The number of carbonyl (C=O) groups excluding carboxylic acids is 1. The molecule has 0 radical (unpaired) electrons. The van der Waals surface area contributed by atoms with Gasteiger partial charge in [-0.05, 0) is 42.8 Å². The minimum atomic E-state index is -0.00251. The number of aromatic nitrogens is 2. The van der Waals surface area contributed by atoms with Crippen molar-refractivity contribution in [2.75, 3.05) is 26.3 Å². The average Bonchev–Trinajstić information content (AvgIpc) is 3.47. The first-order chi connectivity index (χ1) is 15.2. The van der Waals surface area contributed by atoms with Gasteiger partial charge in [0.2, 0.25) is 0 Å². The number of fused-ring (bicyclic) bond motifs is 1. The average molecular weight is 440 g/mol. The predicted octanol–water partition coefficient (Wildman–Crippen LogP) is 4.04. The number of aromatic amines is 1. The third-order valence-corrected chi connectivity index (χ3v) is 5.87. The monoisotopic (exact) mass is 439 g/mol. The van der Waals surface area contributed by atoms with Crippen molar-refractivity contribution in [2.24, 2.45) is 0 Å². The summed E-state index contributed by atoms with van der Waals surface area (Å²) >= 11 is 6.13. The lowest BCUT2D eigenvalue weighted by Gasteiger charge is -2.20. The van der Waals surface area contributed by atoms with Gasteiger partial charge in [0.1, 0.15) is 25.6 Å². The molecule has 1 aromatic heterocycles. The van der Waals surface area contributed by atoms with Gasteiger partial charge in [-0.25, -0.2) is 0 Å². The second kappa shape index (κ2) is 8.51. The summed E-state index contributed by atoms with van der Waals surface area (Å²) in [6.07, 6.45) is 0.867. The Bertz CT molecular complexity index is 1100. The number of amides is 1. The third kappa shape index (κ3) is 4.18. The lowest BCUT2D eigenvalue weighted by atomic mass is 10.1. The number of hydrogen-bond donors (Lipinski definition) is 1. The lowest BCUT2D eigenvalue weighted by molar-refractivity contribution is 0.0789. The van der Waals surface area contributed by atoms with Gasteiger partial charge in [-0.1, -0.05) is 23.7 Å². The Balaban J connectivity index is 1.21. The van der Waals surface area contributed by atoms with Crippen molar-refractivity contribution in [3.05, 3.63) is 70.5 Å². The summed E-state index contributed by atoms with van der Waals surface area (Å²) in [6, 6.07) is 14.7. The van der Waals surface area contributed by atoms with Crippen molar-refractivity contribution in [3.63, 3.8) is 0 Å². The zero-order valence-electron chi connectivity index (χ0n) is 16.8. The molecule has 0 aliphatic carbocycles. The van der Waals surface area contributed by atoms with E-state index < -0.39 is 0 Å². The summed E-state index contributed by atoms with van der Waals surface area (Å²) < 4.78 is 16.9. The molecule has 2 aliphatic rings. The molecule has 1 atom stereocenters. The number of likely N-dealkylation sites (tertiary alicyclic amines) is 1. The van der Waals surface area contributed by atoms with E-state index in [4.69, 9.17) is 25.8 Å². The van der Waals surface area contributed by atoms with Crippen LogP contribution in [0.25, 0.3) is 0 Å². The summed E-state index contributed by atoms with van der Waals surface area (Å²) in [4.78, 5) is 14.8. The van der Waals surface area contributed by atoms with Crippen LogP contribution in [0.1, 0.15) is 34.1 Å². The SMILES string of the molecule is O=C(c1ccc2c(c1)OCCO2)N1CC[C@H](c2cc(COc3ccccc3Cl)[nH]n2)C1. The molecule has 0 unspecified atom stereocenters. The van der Waals surface area contributed by atoms with E-state index in [9.17, 15) is 4.79 Å². The molecule has 160 valence electrons. The third-order valence-electron chi connectivity index (χ3n) is 5.55. The molecule has 5 rings (SSSR count). The smallest absolute Gasteiger partial charge is 0.254 e. The molecule has 0 bridgehead atoms. The predicted molar refractivity (Wildman–Crippen MR) is 115 cm³/mol. The second-order valence-corrected chi connectivity index (χ2v) is 8.04. The van der Waals surface area contributed by atoms with Crippen LogP contribution in [0.4, 0.5) is 0 Å². The summed E-state index contributed by atoms with van der Waals surface area (Å²) in [5.74, 6) is 2.13. The van der Waals surface area contributed by atoms with E-state index in [0.29, 0.717) is 60.7 Å². The van der Waals surface area contributed by atoms with E-state index in [1.165, 1.54) is 0 Å². The van der Waals surface area contributed by atoms with E-state index >= 15 is 0 Å². The van der Waals surface area contributed by atoms with Crippen LogP contribution in [-0.4, -0.2) is 47.3 Å². The van der Waals surface area contributed by atoms with Crippen LogP contribution in [0.5, 0.6) is 17.2 Å². The molecule has 3 aromatic rings. The van der Waals surface area contributed by atoms with Gasteiger partial charge in [-0.3, -0.25) is 9.89 Å². The van der Waals surface area contributed by atoms with Crippen molar-refractivity contribution in [2.45, 2.75) is 18.9 Å². The van der Waals surface area contributed by atoms with Crippen molar-refractivity contribution >= 4 is 17.5 Å². The molecule has 7 nitrogen and oxygen atoms in total. The van der Waals surface area contributed by atoms with Crippen molar-refractivity contribution in [1.29, 1.82) is 0 Å². The van der Waals surface area contributed by atoms with E-state index in [0.717, 1.165) is 17.8 Å². The highest BCUT2D eigenvalue weighted by Gasteiger charge is 2.30. The Morgan fingerprint density at radius 1 is 1.16 bits per heavy atom. The van der Waals surface area contributed by atoms with Crippen molar-refractivity contribution < 1.29 is 19.0 Å². The fourth-order valence-corrected chi connectivity index (χ4v) is 4.12.